The molecule has 1 saturated heterocycles. The van der Waals surface area contributed by atoms with Gasteiger partial charge in [-0.25, -0.2) is 0 Å². The maximum Gasteiger partial charge on any atom is 0.270 e. The predicted octanol–water partition coefficient (Wildman–Crippen LogP) is 3.40. The van der Waals surface area contributed by atoms with Gasteiger partial charge < -0.3 is 15.2 Å². The summed E-state index contributed by atoms with van der Waals surface area (Å²) in [5.74, 6) is 6.34. The van der Waals surface area contributed by atoms with E-state index in [1.165, 1.54) is 0 Å². The van der Waals surface area contributed by atoms with E-state index in [2.05, 4.69) is 30.7 Å². The molecule has 0 bridgehead atoms. The van der Waals surface area contributed by atoms with Crippen molar-refractivity contribution < 1.29 is 14.3 Å². The second-order valence-corrected chi connectivity index (χ2v) is 8.38. The Morgan fingerprint density at radius 1 is 1.09 bits per heavy atom. The summed E-state index contributed by atoms with van der Waals surface area (Å²) in [6, 6.07) is 19.4. The van der Waals surface area contributed by atoms with Gasteiger partial charge in [0.05, 0.1) is 19.9 Å². The third-order valence-electron chi connectivity index (χ3n) is 6.05. The van der Waals surface area contributed by atoms with Gasteiger partial charge in [-0.15, -0.1) is 0 Å². The Morgan fingerprint density at radius 2 is 1.85 bits per heavy atom. The largest absolute Gasteiger partial charge is 0.495 e. The van der Waals surface area contributed by atoms with Crippen molar-refractivity contribution in [2.24, 2.45) is 5.73 Å². The fraction of sp³-hybridized carbons (Fsp3) is 0.259. The molecular formula is C27H27N3O3. The first-order chi connectivity index (χ1) is 15.9. The van der Waals surface area contributed by atoms with Crippen LogP contribution in [0.4, 0.5) is 0 Å². The van der Waals surface area contributed by atoms with Crippen molar-refractivity contribution in [3.05, 3.63) is 95.3 Å². The number of hydrogen-bond donors (Lipinski definition) is 1. The molecule has 1 aliphatic heterocycles. The number of ether oxygens (including phenoxy) is 2. The third kappa shape index (κ3) is 4.21. The topological polar surface area (TPSA) is 77.7 Å². The smallest absolute Gasteiger partial charge is 0.270 e. The Kier molecular flexibility index (Phi) is 6.19. The zero-order valence-corrected chi connectivity index (χ0v) is 19.0. The summed E-state index contributed by atoms with van der Waals surface area (Å²) < 4.78 is 11.3. The SMILES string of the molecule is COc1cncc(C#Cc2cccc(C3(C(N)=O)OCCN3C(C)(C)c3ccccc3)c2)c1. The van der Waals surface area contributed by atoms with E-state index < -0.39 is 17.2 Å². The van der Waals surface area contributed by atoms with E-state index in [1.54, 1.807) is 19.5 Å². The normalized spacial score (nSPS) is 18.4. The lowest BCUT2D eigenvalue weighted by atomic mass is 9.87. The van der Waals surface area contributed by atoms with Crippen LogP contribution in [0.5, 0.6) is 5.75 Å². The number of hydrogen-bond acceptors (Lipinski definition) is 5. The van der Waals surface area contributed by atoms with Gasteiger partial charge in [-0.05, 0) is 37.6 Å². The van der Waals surface area contributed by atoms with Gasteiger partial charge in [0, 0.05) is 35.0 Å². The molecule has 2 heterocycles. The molecule has 2 aromatic carbocycles. The van der Waals surface area contributed by atoms with Crippen LogP contribution in [0.15, 0.2) is 73.1 Å². The summed E-state index contributed by atoms with van der Waals surface area (Å²) in [7, 11) is 1.59. The summed E-state index contributed by atoms with van der Waals surface area (Å²) in [5, 5.41) is 0. The van der Waals surface area contributed by atoms with Crippen molar-refractivity contribution in [2.45, 2.75) is 25.1 Å². The monoisotopic (exact) mass is 441 g/mol. The summed E-state index contributed by atoms with van der Waals surface area (Å²) in [6.45, 7) is 5.11. The van der Waals surface area contributed by atoms with Gasteiger partial charge in [0.15, 0.2) is 0 Å². The summed E-state index contributed by atoms with van der Waals surface area (Å²) >= 11 is 0. The average Bonchev–Trinajstić information content (AvgIpc) is 3.31. The van der Waals surface area contributed by atoms with Crippen LogP contribution in [0.25, 0.3) is 0 Å². The highest BCUT2D eigenvalue weighted by Crippen LogP contribution is 2.43. The van der Waals surface area contributed by atoms with Crippen molar-refractivity contribution in [1.82, 2.24) is 9.88 Å². The van der Waals surface area contributed by atoms with Crippen LogP contribution >= 0.6 is 0 Å². The minimum absolute atomic E-state index is 0.393. The predicted molar refractivity (Wildman–Crippen MR) is 126 cm³/mol. The number of aromatic nitrogens is 1. The molecule has 6 nitrogen and oxygen atoms in total. The van der Waals surface area contributed by atoms with Crippen molar-refractivity contribution in [3.63, 3.8) is 0 Å². The van der Waals surface area contributed by atoms with Gasteiger partial charge >= 0.3 is 0 Å². The zero-order chi connectivity index (χ0) is 23.5. The molecule has 1 amide bonds. The quantitative estimate of drug-likeness (QED) is 0.614. The van der Waals surface area contributed by atoms with Gasteiger partial charge in [0.1, 0.15) is 5.75 Å². The van der Waals surface area contributed by atoms with E-state index in [-0.39, 0.29) is 0 Å². The molecule has 3 aromatic rings. The van der Waals surface area contributed by atoms with Crippen molar-refractivity contribution in [2.75, 3.05) is 20.3 Å². The highest BCUT2D eigenvalue weighted by atomic mass is 16.5. The number of nitrogens with two attached hydrogens (primary N) is 1. The fourth-order valence-corrected chi connectivity index (χ4v) is 4.33. The van der Waals surface area contributed by atoms with E-state index >= 15 is 0 Å². The molecule has 1 aliphatic rings. The number of pyridine rings is 1. The molecule has 4 rings (SSSR count). The molecule has 168 valence electrons. The standard InChI is InChI=1S/C27H27N3O3/c1-26(2,22-9-5-4-6-10-22)30-14-15-33-27(30,25(28)31)23-11-7-8-20(16-23)12-13-21-17-24(32-3)19-29-18-21/h4-11,16-19H,14-15H2,1-3H3,(H2,28,31). The number of amides is 1. The second kappa shape index (κ2) is 9.07. The van der Waals surface area contributed by atoms with Gasteiger partial charge in [-0.1, -0.05) is 54.3 Å². The minimum Gasteiger partial charge on any atom is -0.495 e. The number of carbonyl (C=O) groups excluding carboxylic acids is 1. The number of rotatable bonds is 5. The van der Waals surface area contributed by atoms with E-state index in [0.29, 0.717) is 24.5 Å². The second-order valence-electron chi connectivity index (χ2n) is 8.38. The molecule has 1 aromatic heterocycles. The Labute approximate surface area is 194 Å². The maximum atomic E-state index is 13.0. The number of methoxy groups -OCH3 is 1. The number of primary amides is 1. The van der Waals surface area contributed by atoms with E-state index in [9.17, 15) is 4.79 Å². The molecule has 33 heavy (non-hydrogen) atoms. The lowest BCUT2D eigenvalue weighted by molar-refractivity contribution is -0.166. The number of benzene rings is 2. The van der Waals surface area contributed by atoms with Crippen molar-refractivity contribution in [1.29, 1.82) is 0 Å². The van der Waals surface area contributed by atoms with Crippen LogP contribution in [0.3, 0.4) is 0 Å². The molecule has 1 fully saturated rings. The van der Waals surface area contributed by atoms with Crippen molar-refractivity contribution in [3.8, 4) is 17.6 Å². The summed E-state index contributed by atoms with van der Waals surface area (Å²) in [4.78, 5) is 19.1. The Morgan fingerprint density at radius 3 is 2.58 bits per heavy atom. The number of nitrogens with zero attached hydrogens (tertiary/aromatic N) is 2. The maximum absolute atomic E-state index is 13.0. The molecule has 1 atom stereocenters. The highest BCUT2D eigenvalue weighted by molar-refractivity contribution is 5.85. The van der Waals surface area contributed by atoms with Crippen molar-refractivity contribution >= 4 is 5.91 Å². The molecular weight excluding hydrogens is 414 g/mol. The van der Waals surface area contributed by atoms with E-state index in [4.69, 9.17) is 15.2 Å². The Hall–Kier alpha value is -3.66. The van der Waals surface area contributed by atoms with Crippen LogP contribution < -0.4 is 10.5 Å². The van der Waals surface area contributed by atoms with Gasteiger partial charge in [-0.2, -0.15) is 0 Å². The first-order valence-electron chi connectivity index (χ1n) is 10.8. The van der Waals surface area contributed by atoms with Crippen LogP contribution in [-0.4, -0.2) is 36.1 Å². The zero-order valence-electron chi connectivity index (χ0n) is 19.0. The van der Waals surface area contributed by atoms with Gasteiger partial charge in [0.2, 0.25) is 5.72 Å². The molecule has 0 spiro atoms. The Bertz CT molecular complexity index is 1210. The number of carbonyl (C=O) groups is 1. The van der Waals surface area contributed by atoms with Gasteiger partial charge in [-0.3, -0.25) is 14.7 Å². The molecule has 2 N–H and O–H groups in total. The average molecular weight is 442 g/mol. The third-order valence-corrected chi connectivity index (χ3v) is 6.05. The highest BCUT2D eigenvalue weighted by Gasteiger charge is 2.54. The first kappa shape index (κ1) is 22.5. The lowest BCUT2D eigenvalue weighted by Gasteiger charge is -2.45. The van der Waals surface area contributed by atoms with Crippen LogP contribution in [0, 0.1) is 11.8 Å². The van der Waals surface area contributed by atoms with E-state index in [0.717, 1.165) is 16.7 Å². The van der Waals surface area contributed by atoms with Crippen LogP contribution in [0.1, 0.15) is 36.1 Å². The fourth-order valence-electron chi connectivity index (χ4n) is 4.33. The summed E-state index contributed by atoms with van der Waals surface area (Å²) in [6.07, 6.45) is 3.30. The van der Waals surface area contributed by atoms with Gasteiger partial charge in [0.25, 0.3) is 5.91 Å². The molecule has 0 radical (unpaired) electrons. The van der Waals surface area contributed by atoms with Crippen LogP contribution in [-0.2, 0) is 20.8 Å². The summed E-state index contributed by atoms with van der Waals surface area (Å²) in [5.41, 5.74) is 7.32. The molecule has 1 unspecified atom stereocenters. The first-order valence-corrected chi connectivity index (χ1v) is 10.8. The molecule has 6 heteroatoms. The molecule has 0 saturated carbocycles. The Balaban J connectivity index is 1.74. The minimum atomic E-state index is -1.39. The van der Waals surface area contributed by atoms with Crippen LogP contribution in [0.2, 0.25) is 0 Å². The van der Waals surface area contributed by atoms with E-state index in [1.807, 2.05) is 65.6 Å². The molecule has 0 aliphatic carbocycles. The lowest BCUT2D eigenvalue weighted by Crippen LogP contribution is -2.58.